The molecule has 3 atom stereocenters. The van der Waals surface area contributed by atoms with Crippen molar-refractivity contribution in [3.8, 4) is 5.75 Å². The van der Waals surface area contributed by atoms with E-state index in [0.29, 0.717) is 27.7 Å². The zero-order valence-corrected chi connectivity index (χ0v) is 22.3. The van der Waals surface area contributed by atoms with Gasteiger partial charge in [0.05, 0.1) is 6.20 Å². The number of rotatable bonds is 8. The van der Waals surface area contributed by atoms with Gasteiger partial charge in [-0.25, -0.2) is 9.59 Å². The Hall–Kier alpha value is -3.72. The van der Waals surface area contributed by atoms with Crippen molar-refractivity contribution in [2.45, 2.75) is 48.9 Å². The molecule has 3 heterocycles. The molecule has 1 saturated heterocycles. The Balaban J connectivity index is 1.49. The van der Waals surface area contributed by atoms with Gasteiger partial charge in [0.2, 0.25) is 5.91 Å². The number of aromatic amines is 1. The largest absolute Gasteiger partial charge is 0.508 e. The molecular formula is C23H26N6O7S2. The number of carboxylic acid groups (broad SMARTS) is 1. The predicted molar refractivity (Wildman–Crippen MR) is 137 cm³/mol. The van der Waals surface area contributed by atoms with Crippen LogP contribution in [0.5, 0.6) is 5.75 Å². The average molecular weight is 563 g/mol. The average Bonchev–Trinajstić information content (AvgIpc) is 3.37. The smallest absolute Gasteiger partial charge is 0.408 e. The Morgan fingerprint density at radius 2 is 2.00 bits per heavy atom. The molecule has 13 nitrogen and oxygen atoms in total. The summed E-state index contributed by atoms with van der Waals surface area (Å²) in [6.45, 7) is 5.03. The van der Waals surface area contributed by atoms with Crippen molar-refractivity contribution in [3.63, 3.8) is 0 Å². The molecule has 1 fully saturated rings. The van der Waals surface area contributed by atoms with E-state index in [1.165, 1.54) is 58.9 Å². The van der Waals surface area contributed by atoms with Crippen molar-refractivity contribution in [2.24, 2.45) is 0 Å². The number of hydrogen-bond acceptors (Lipinski definition) is 10. The number of carbonyl (C=O) groups excluding carboxylic acids is 3. The summed E-state index contributed by atoms with van der Waals surface area (Å²) in [5, 5.41) is 34.7. The van der Waals surface area contributed by atoms with Gasteiger partial charge in [0.25, 0.3) is 5.91 Å². The normalized spacial score (nSPS) is 19.8. The van der Waals surface area contributed by atoms with Crippen LogP contribution in [0.3, 0.4) is 0 Å². The number of thioether (sulfide) groups is 2. The summed E-state index contributed by atoms with van der Waals surface area (Å²) in [7, 11) is 0. The zero-order valence-electron chi connectivity index (χ0n) is 20.6. The Morgan fingerprint density at radius 3 is 2.61 bits per heavy atom. The van der Waals surface area contributed by atoms with Crippen molar-refractivity contribution in [1.82, 2.24) is 30.9 Å². The van der Waals surface area contributed by atoms with E-state index in [0.717, 1.165) is 0 Å². The van der Waals surface area contributed by atoms with E-state index < -0.39 is 46.9 Å². The number of hydrogen-bond donors (Lipinski definition) is 5. The molecule has 15 heteroatoms. The predicted octanol–water partition coefficient (Wildman–Crippen LogP) is 1.61. The molecule has 1 aromatic carbocycles. The maximum absolute atomic E-state index is 13.3. The summed E-state index contributed by atoms with van der Waals surface area (Å²) in [5.74, 6) is -1.88. The summed E-state index contributed by atoms with van der Waals surface area (Å²) in [6.07, 6.45) is 0.672. The number of benzene rings is 1. The van der Waals surface area contributed by atoms with Gasteiger partial charge in [-0.1, -0.05) is 23.9 Å². The van der Waals surface area contributed by atoms with Crippen LogP contribution in [-0.2, 0) is 19.1 Å². The second kappa shape index (κ2) is 10.9. The van der Waals surface area contributed by atoms with E-state index in [1.54, 1.807) is 20.8 Å². The fourth-order valence-corrected chi connectivity index (χ4v) is 6.11. The van der Waals surface area contributed by atoms with Crippen molar-refractivity contribution < 1.29 is 34.1 Å². The Labute approximate surface area is 225 Å². The zero-order chi connectivity index (χ0) is 27.6. The number of nitrogens with zero attached hydrogens (tertiary/aromatic N) is 3. The van der Waals surface area contributed by atoms with Crippen molar-refractivity contribution in [3.05, 3.63) is 47.3 Å². The molecular weight excluding hydrogens is 536 g/mol. The third-order valence-corrected chi connectivity index (χ3v) is 7.81. The summed E-state index contributed by atoms with van der Waals surface area (Å²) in [5.41, 5.74) is -0.0167. The van der Waals surface area contributed by atoms with Crippen LogP contribution in [-0.4, -0.2) is 82.9 Å². The molecule has 1 aromatic heterocycles. The molecule has 1 unspecified atom stereocenters. The van der Waals surface area contributed by atoms with E-state index in [2.05, 4.69) is 26.0 Å². The van der Waals surface area contributed by atoms with E-state index in [1.807, 2.05) is 0 Å². The summed E-state index contributed by atoms with van der Waals surface area (Å²) in [4.78, 5) is 52.1. The van der Waals surface area contributed by atoms with Crippen LogP contribution in [0.4, 0.5) is 4.79 Å². The number of aromatic nitrogens is 3. The third-order valence-electron chi connectivity index (χ3n) is 5.48. The van der Waals surface area contributed by atoms with E-state index in [9.17, 15) is 29.4 Å². The molecule has 2 aliphatic rings. The number of carbonyl (C=O) groups is 4. The Bertz CT molecular complexity index is 1260. The number of nitrogens with one attached hydrogen (secondary N) is 3. The van der Waals surface area contributed by atoms with Crippen molar-refractivity contribution >= 4 is 47.4 Å². The number of H-pyrrole nitrogens is 1. The van der Waals surface area contributed by atoms with Gasteiger partial charge in [0, 0.05) is 11.5 Å². The number of ether oxygens (including phenoxy) is 1. The summed E-state index contributed by atoms with van der Waals surface area (Å²) in [6, 6.07) is 3.43. The summed E-state index contributed by atoms with van der Waals surface area (Å²) >= 11 is 2.62. The van der Waals surface area contributed by atoms with Crippen LogP contribution in [0.1, 0.15) is 32.4 Å². The minimum absolute atomic E-state index is 0.0286. The number of aromatic hydroxyl groups is 1. The molecule has 0 spiro atoms. The Kier molecular flexibility index (Phi) is 7.87. The third kappa shape index (κ3) is 6.05. The first-order valence-electron chi connectivity index (χ1n) is 11.4. The number of aliphatic carboxylic acids is 1. The lowest BCUT2D eigenvalue weighted by Crippen LogP contribution is -2.71. The highest BCUT2D eigenvalue weighted by molar-refractivity contribution is 8.01. The van der Waals surface area contributed by atoms with Crippen LogP contribution < -0.4 is 10.6 Å². The van der Waals surface area contributed by atoms with E-state index >= 15 is 0 Å². The minimum Gasteiger partial charge on any atom is -0.508 e. The topological polar surface area (TPSA) is 187 Å². The van der Waals surface area contributed by atoms with Gasteiger partial charge < -0.3 is 25.6 Å². The van der Waals surface area contributed by atoms with Crippen LogP contribution in [0.15, 0.2) is 46.8 Å². The van der Waals surface area contributed by atoms with Gasteiger partial charge in [-0.15, -0.1) is 16.9 Å². The van der Waals surface area contributed by atoms with Gasteiger partial charge in [-0.3, -0.25) is 14.5 Å². The second-order valence-electron chi connectivity index (χ2n) is 9.42. The highest BCUT2D eigenvalue weighted by Crippen LogP contribution is 2.41. The first-order valence-corrected chi connectivity index (χ1v) is 13.5. The maximum Gasteiger partial charge on any atom is 0.408 e. The fourth-order valence-electron chi connectivity index (χ4n) is 3.85. The lowest BCUT2D eigenvalue weighted by Gasteiger charge is -2.49. The molecule has 4 rings (SSSR count). The minimum atomic E-state index is -1.24. The molecule has 0 saturated carbocycles. The first-order chi connectivity index (χ1) is 17.9. The highest BCUT2D eigenvalue weighted by Gasteiger charge is 2.54. The SMILES string of the molecule is CC(C)(C)OC(=O)N[C@@H](C(=O)NC1C(=O)N2C(C(=O)O)=C(CSc3cn[nH]n3)CS[C@H]12)c1ccc(O)cc1. The van der Waals surface area contributed by atoms with Gasteiger partial charge >= 0.3 is 12.1 Å². The van der Waals surface area contributed by atoms with E-state index in [-0.39, 0.29) is 11.4 Å². The van der Waals surface area contributed by atoms with E-state index in [4.69, 9.17) is 4.74 Å². The molecule has 0 radical (unpaired) electrons. The number of phenols is 1. The molecule has 202 valence electrons. The molecule has 5 N–H and O–H groups in total. The monoisotopic (exact) mass is 562 g/mol. The Morgan fingerprint density at radius 1 is 1.29 bits per heavy atom. The second-order valence-corrected chi connectivity index (χ2v) is 11.5. The molecule has 2 aliphatic heterocycles. The molecule has 0 aliphatic carbocycles. The van der Waals surface area contributed by atoms with Crippen LogP contribution in [0.2, 0.25) is 0 Å². The van der Waals surface area contributed by atoms with Crippen LogP contribution in [0.25, 0.3) is 0 Å². The highest BCUT2D eigenvalue weighted by atomic mass is 32.2. The van der Waals surface area contributed by atoms with Crippen molar-refractivity contribution in [1.29, 1.82) is 0 Å². The summed E-state index contributed by atoms with van der Waals surface area (Å²) < 4.78 is 5.28. The number of fused-ring (bicyclic) bond motifs is 1. The molecule has 2 aromatic rings. The number of carboxylic acids is 1. The molecule has 38 heavy (non-hydrogen) atoms. The van der Waals surface area contributed by atoms with Gasteiger partial charge in [0.15, 0.2) is 0 Å². The molecule has 3 amide bonds. The quantitative estimate of drug-likeness (QED) is 0.232. The van der Waals surface area contributed by atoms with Gasteiger partial charge in [-0.05, 0) is 44.0 Å². The number of phenolic OH excluding ortho intramolecular Hbond substituents is 1. The van der Waals surface area contributed by atoms with Crippen molar-refractivity contribution in [2.75, 3.05) is 11.5 Å². The van der Waals surface area contributed by atoms with Gasteiger partial charge in [-0.2, -0.15) is 10.3 Å². The number of β-lactam (4-membered cyclic amide) rings is 1. The maximum atomic E-state index is 13.3. The van der Waals surface area contributed by atoms with Crippen LogP contribution >= 0.6 is 23.5 Å². The lowest BCUT2D eigenvalue weighted by atomic mass is 10.0. The molecule has 0 bridgehead atoms. The standard InChI is InChI=1S/C23H26N6O7S2/c1-23(2,3)36-22(35)26-15(11-4-6-13(30)7-5-11)18(31)25-16-19(32)29-17(21(33)34)12(10-38-20(16)29)9-37-14-8-24-28-27-14/h4-8,15-16,20,30H,9-10H2,1-3H3,(H,25,31)(H,26,35)(H,33,34)(H,24,27,28)/t15-,16?,20-/m1/s1. The number of alkyl carbamates (subject to hydrolysis) is 1. The first kappa shape index (κ1) is 27.3. The van der Waals surface area contributed by atoms with Crippen LogP contribution in [0, 0.1) is 0 Å². The van der Waals surface area contributed by atoms with Gasteiger partial charge in [0.1, 0.15) is 39.5 Å². The number of amides is 3. The lowest BCUT2D eigenvalue weighted by molar-refractivity contribution is -0.151. The fraction of sp³-hybridized carbons (Fsp3) is 0.391.